The molecule has 1 aliphatic rings. The molecular weight excluding hydrogens is 268 g/mol. The first-order valence-electron chi connectivity index (χ1n) is 6.63. The minimum Gasteiger partial charge on any atom is -0.371 e. The first-order valence-corrected chi connectivity index (χ1v) is 6.63. The van der Waals surface area contributed by atoms with Crippen LogP contribution in [0.25, 0.3) is 0 Å². The molecule has 0 aliphatic carbocycles. The SMILES string of the molecule is CN1CCN(C(=O)c2ccc(NN)nn2)c2ccccc21. The van der Waals surface area contributed by atoms with E-state index in [4.69, 9.17) is 5.84 Å². The van der Waals surface area contributed by atoms with Crippen molar-refractivity contribution >= 4 is 23.1 Å². The molecule has 0 fully saturated rings. The molecular formula is C14H16N6O. The summed E-state index contributed by atoms with van der Waals surface area (Å²) >= 11 is 0. The second-order valence-electron chi connectivity index (χ2n) is 4.82. The molecule has 0 spiro atoms. The van der Waals surface area contributed by atoms with E-state index in [0.29, 0.717) is 18.1 Å². The molecule has 0 bridgehead atoms. The number of para-hydroxylation sites is 2. The summed E-state index contributed by atoms with van der Waals surface area (Å²) in [6, 6.07) is 11.1. The van der Waals surface area contributed by atoms with Crippen molar-refractivity contribution in [3.63, 3.8) is 0 Å². The lowest BCUT2D eigenvalue weighted by atomic mass is 10.1. The van der Waals surface area contributed by atoms with Crippen LogP contribution in [0.1, 0.15) is 10.5 Å². The zero-order chi connectivity index (χ0) is 14.8. The fourth-order valence-corrected chi connectivity index (χ4v) is 2.38. The molecule has 2 heterocycles. The summed E-state index contributed by atoms with van der Waals surface area (Å²) in [6.45, 7) is 1.39. The van der Waals surface area contributed by atoms with Crippen LogP contribution in [0.3, 0.4) is 0 Å². The highest BCUT2D eigenvalue weighted by Crippen LogP contribution is 2.32. The minimum atomic E-state index is -0.161. The van der Waals surface area contributed by atoms with Crippen LogP contribution in [0.4, 0.5) is 17.2 Å². The van der Waals surface area contributed by atoms with E-state index in [9.17, 15) is 4.79 Å². The van der Waals surface area contributed by atoms with Gasteiger partial charge in [0.1, 0.15) is 0 Å². The molecule has 0 unspecified atom stereocenters. The third-order valence-electron chi connectivity index (χ3n) is 3.52. The smallest absolute Gasteiger partial charge is 0.278 e. The van der Waals surface area contributed by atoms with E-state index in [1.165, 1.54) is 0 Å². The molecule has 108 valence electrons. The summed E-state index contributed by atoms with van der Waals surface area (Å²) < 4.78 is 0. The molecule has 2 aromatic rings. The number of fused-ring (bicyclic) bond motifs is 1. The fourth-order valence-electron chi connectivity index (χ4n) is 2.38. The Balaban J connectivity index is 1.93. The van der Waals surface area contributed by atoms with Crippen LogP contribution in [0.2, 0.25) is 0 Å². The molecule has 0 radical (unpaired) electrons. The first kappa shape index (κ1) is 13.3. The van der Waals surface area contributed by atoms with E-state index in [-0.39, 0.29) is 5.91 Å². The van der Waals surface area contributed by atoms with Crippen LogP contribution in [-0.2, 0) is 0 Å². The van der Waals surface area contributed by atoms with Crippen molar-refractivity contribution in [2.75, 3.05) is 35.4 Å². The zero-order valence-corrected chi connectivity index (χ0v) is 11.7. The molecule has 7 nitrogen and oxygen atoms in total. The quantitative estimate of drug-likeness (QED) is 0.628. The fraction of sp³-hybridized carbons (Fsp3) is 0.214. The average Bonchev–Trinajstić information content (AvgIpc) is 2.55. The van der Waals surface area contributed by atoms with Crippen molar-refractivity contribution in [2.24, 2.45) is 5.84 Å². The first-order chi connectivity index (χ1) is 10.2. The highest BCUT2D eigenvalue weighted by Gasteiger charge is 2.26. The lowest BCUT2D eigenvalue weighted by Gasteiger charge is -2.35. The Bertz CT molecular complexity index is 657. The van der Waals surface area contributed by atoms with Gasteiger partial charge in [-0.25, -0.2) is 5.84 Å². The van der Waals surface area contributed by atoms with Gasteiger partial charge in [0.05, 0.1) is 11.4 Å². The molecule has 1 aromatic heterocycles. The van der Waals surface area contributed by atoms with Crippen molar-refractivity contribution < 1.29 is 4.79 Å². The number of hydrazine groups is 1. The van der Waals surface area contributed by atoms with Crippen molar-refractivity contribution in [1.82, 2.24) is 10.2 Å². The number of hydrogen-bond donors (Lipinski definition) is 2. The maximum absolute atomic E-state index is 12.6. The average molecular weight is 284 g/mol. The lowest BCUT2D eigenvalue weighted by Crippen LogP contribution is -2.43. The summed E-state index contributed by atoms with van der Waals surface area (Å²) in [5, 5.41) is 7.76. The summed E-state index contributed by atoms with van der Waals surface area (Å²) in [4.78, 5) is 16.5. The number of nitrogen functional groups attached to an aromatic ring is 1. The number of carbonyl (C=O) groups excluding carboxylic acids is 1. The van der Waals surface area contributed by atoms with Crippen molar-refractivity contribution in [3.05, 3.63) is 42.1 Å². The number of rotatable bonds is 2. The van der Waals surface area contributed by atoms with Gasteiger partial charge in [0.15, 0.2) is 11.5 Å². The second-order valence-corrected chi connectivity index (χ2v) is 4.82. The summed E-state index contributed by atoms with van der Waals surface area (Å²) in [5.41, 5.74) is 4.61. The molecule has 0 saturated heterocycles. The Hall–Kier alpha value is -2.67. The van der Waals surface area contributed by atoms with E-state index in [0.717, 1.165) is 17.9 Å². The Kier molecular flexibility index (Phi) is 3.41. The topological polar surface area (TPSA) is 87.4 Å². The van der Waals surface area contributed by atoms with Gasteiger partial charge in [-0.1, -0.05) is 12.1 Å². The number of hydrogen-bond acceptors (Lipinski definition) is 6. The number of likely N-dealkylation sites (N-methyl/N-ethyl adjacent to an activating group) is 1. The summed E-state index contributed by atoms with van der Waals surface area (Å²) in [6.07, 6.45) is 0. The maximum atomic E-state index is 12.6. The highest BCUT2D eigenvalue weighted by atomic mass is 16.2. The van der Waals surface area contributed by atoms with Gasteiger partial charge >= 0.3 is 0 Å². The highest BCUT2D eigenvalue weighted by molar-refractivity contribution is 6.07. The summed E-state index contributed by atoms with van der Waals surface area (Å²) in [5.74, 6) is 5.51. The molecule has 7 heteroatoms. The van der Waals surface area contributed by atoms with Gasteiger partial charge in [0.25, 0.3) is 5.91 Å². The van der Waals surface area contributed by atoms with Crippen LogP contribution >= 0.6 is 0 Å². The van der Waals surface area contributed by atoms with E-state index >= 15 is 0 Å². The predicted octanol–water partition coefficient (Wildman–Crippen LogP) is 0.859. The molecule has 1 aromatic carbocycles. The Morgan fingerprint density at radius 1 is 1.14 bits per heavy atom. The molecule has 3 N–H and O–H groups in total. The number of aromatic nitrogens is 2. The maximum Gasteiger partial charge on any atom is 0.278 e. The van der Waals surface area contributed by atoms with Crippen molar-refractivity contribution in [1.29, 1.82) is 0 Å². The number of carbonyl (C=O) groups is 1. The second kappa shape index (κ2) is 5.37. The third-order valence-corrected chi connectivity index (χ3v) is 3.52. The van der Waals surface area contributed by atoms with E-state index in [1.807, 2.05) is 31.3 Å². The zero-order valence-electron chi connectivity index (χ0n) is 11.7. The number of nitrogens with two attached hydrogens (primary N) is 1. The van der Waals surface area contributed by atoms with Crippen LogP contribution in [0.5, 0.6) is 0 Å². The van der Waals surface area contributed by atoms with Gasteiger partial charge in [-0.15, -0.1) is 10.2 Å². The number of amides is 1. The molecule has 3 rings (SSSR count). The molecule has 1 aliphatic heterocycles. The molecule has 1 amide bonds. The number of anilines is 3. The van der Waals surface area contributed by atoms with Gasteiger partial charge in [-0.2, -0.15) is 0 Å². The Labute approximate surface area is 122 Å². The van der Waals surface area contributed by atoms with Gasteiger partial charge in [-0.05, 0) is 24.3 Å². The molecule has 21 heavy (non-hydrogen) atoms. The van der Waals surface area contributed by atoms with Crippen molar-refractivity contribution in [2.45, 2.75) is 0 Å². The Morgan fingerprint density at radius 2 is 1.90 bits per heavy atom. The number of nitrogens with one attached hydrogen (secondary N) is 1. The van der Waals surface area contributed by atoms with Crippen LogP contribution in [0.15, 0.2) is 36.4 Å². The summed E-state index contributed by atoms with van der Waals surface area (Å²) in [7, 11) is 2.02. The lowest BCUT2D eigenvalue weighted by molar-refractivity contribution is 0.0981. The largest absolute Gasteiger partial charge is 0.371 e. The Morgan fingerprint density at radius 3 is 2.57 bits per heavy atom. The van der Waals surface area contributed by atoms with Gasteiger partial charge < -0.3 is 15.2 Å². The van der Waals surface area contributed by atoms with Crippen LogP contribution in [0, 0.1) is 0 Å². The van der Waals surface area contributed by atoms with E-state index in [2.05, 4.69) is 20.5 Å². The minimum absolute atomic E-state index is 0.161. The molecule has 0 saturated carbocycles. The van der Waals surface area contributed by atoms with Crippen LogP contribution in [-0.4, -0.2) is 36.2 Å². The van der Waals surface area contributed by atoms with Gasteiger partial charge in [-0.3, -0.25) is 4.79 Å². The van der Waals surface area contributed by atoms with E-state index in [1.54, 1.807) is 17.0 Å². The van der Waals surface area contributed by atoms with Gasteiger partial charge in [0.2, 0.25) is 0 Å². The number of benzene rings is 1. The van der Waals surface area contributed by atoms with Crippen LogP contribution < -0.4 is 21.1 Å². The number of nitrogens with zero attached hydrogens (tertiary/aromatic N) is 4. The van der Waals surface area contributed by atoms with E-state index < -0.39 is 0 Å². The third kappa shape index (κ3) is 2.38. The monoisotopic (exact) mass is 284 g/mol. The standard InChI is InChI=1S/C14H16N6O/c1-19-8-9-20(12-5-3-2-4-11(12)19)14(21)10-6-7-13(16-15)18-17-10/h2-7H,8-9,15H2,1H3,(H,16,18). The normalized spacial score (nSPS) is 13.8. The molecule has 0 atom stereocenters. The predicted molar refractivity (Wildman–Crippen MR) is 81.2 cm³/mol. The van der Waals surface area contributed by atoms with Crippen molar-refractivity contribution in [3.8, 4) is 0 Å². The van der Waals surface area contributed by atoms with Gasteiger partial charge in [0, 0.05) is 20.1 Å².